The highest BCUT2D eigenvalue weighted by molar-refractivity contribution is 7.99. The number of hydrogen-bond acceptors (Lipinski definition) is 6. The summed E-state index contributed by atoms with van der Waals surface area (Å²) in [5, 5.41) is 3.59. The summed E-state index contributed by atoms with van der Waals surface area (Å²) >= 11 is 7.06. The van der Waals surface area contributed by atoms with Crippen LogP contribution in [0.15, 0.2) is 57.0 Å². The van der Waals surface area contributed by atoms with Crippen LogP contribution in [0.1, 0.15) is 20.3 Å². The van der Waals surface area contributed by atoms with Gasteiger partial charge in [0.1, 0.15) is 5.52 Å². The summed E-state index contributed by atoms with van der Waals surface area (Å²) in [6, 6.07) is 10.9. The van der Waals surface area contributed by atoms with E-state index in [0.29, 0.717) is 27.0 Å². The summed E-state index contributed by atoms with van der Waals surface area (Å²) in [7, 11) is -3.82. The SMILES string of the molecule is CCC(C)NC(=O)CSc1nc2cc(S(=O)(=O)Nc3cccc(Cl)c3)ccc2o1. The quantitative estimate of drug-likeness (QED) is 0.493. The smallest absolute Gasteiger partial charge is 0.261 e. The number of carbonyl (C=O) groups is 1. The molecular weight excluding hydrogens is 434 g/mol. The Bertz CT molecular complexity index is 1130. The molecule has 2 aromatic carbocycles. The summed E-state index contributed by atoms with van der Waals surface area (Å²) in [6.45, 7) is 3.92. The fourth-order valence-corrected chi connectivity index (χ4v) is 4.34. The molecule has 1 unspecified atom stereocenters. The molecule has 1 aromatic heterocycles. The summed E-state index contributed by atoms with van der Waals surface area (Å²) in [5.41, 5.74) is 1.20. The molecule has 0 radical (unpaired) electrons. The number of anilines is 1. The number of fused-ring (bicyclic) bond motifs is 1. The lowest BCUT2D eigenvalue weighted by molar-refractivity contribution is -0.119. The van der Waals surface area contributed by atoms with Gasteiger partial charge in [-0.3, -0.25) is 9.52 Å². The Kier molecular flexibility index (Phi) is 6.71. The number of nitrogens with one attached hydrogen (secondary N) is 2. The van der Waals surface area contributed by atoms with Gasteiger partial charge in [-0.1, -0.05) is 36.4 Å². The number of carbonyl (C=O) groups excluding carboxylic acids is 1. The first-order valence-corrected chi connectivity index (χ1v) is 11.7. The van der Waals surface area contributed by atoms with E-state index in [2.05, 4.69) is 15.0 Å². The van der Waals surface area contributed by atoms with Crippen molar-refractivity contribution in [3.63, 3.8) is 0 Å². The van der Waals surface area contributed by atoms with E-state index in [-0.39, 0.29) is 22.6 Å². The molecule has 0 saturated heterocycles. The molecule has 1 heterocycles. The first-order valence-electron chi connectivity index (χ1n) is 8.88. The number of sulfonamides is 1. The number of oxazole rings is 1. The largest absolute Gasteiger partial charge is 0.431 e. The number of amides is 1. The number of aromatic nitrogens is 1. The Morgan fingerprint density at radius 2 is 2.07 bits per heavy atom. The molecule has 0 spiro atoms. The first-order chi connectivity index (χ1) is 13.8. The first kappa shape index (κ1) is 21.5. The maximum Gasteiger partial charge on any atom is 0.261 e. The van der Waals surface area contributed by atoms with Crippen molar-refractivity contribution >= 4 is 56.1 Å². The monoisotopic (exact) mass is 453 g/mol. The summed E-state index contributed by atoms with van der Waals surface area (Å²) < 4.78 is 33.4. The van der Waals surface area contributed by atoms with E-state index in [1.54, 1.807) is 18.2 Å². The summed E-state index contributed by atoms with van der Waals surface area (Å²) in [6.07, 6.45) is 0.847. The zero-order chi connectivity index (χ0) is 21.0. The molecule has 3 aromatic rings. The van der Waals surface area contributed by atoms with Crippen LogP contribution in [0.3, 0.4) is 0 Å². The van der Waals surface area contributed by atoms with Gasteiger partial charge in [0, 0.05) is 11.1 Å². The average molecular weight is 454 g/mol. The summed E-state index contributed by atoms with van der Waals surface area (Å²) in [4.78, 5) is 16.2. The average Bonchev–Trinajstić information content (AvgIpc) is 3.08. The normalized spacial score (nSPS) is 12.7. The Morgan fingerprint density at radius 1 is 1.28 bits per heavy atom. The highest BCUT2D eigenvalue weighted by Crippen LogP contribution is 2.26. The van der Waals surface area contributed by atoms with Crippen LogP contribution in [0.4, 0.5) is 5.69 Å². The standard InChI is InChI=1S/C19H20ClN3O4S2/c1-3-12(2)21-18(24)11-28-19-22-16-10-15(7-8-17(16)27-19)29(25,26)23-14-6-4-5-13(20)9-14/h4-10,12,23H,3,11H2,1-2H3,(H,21,24). The number of benzene rings is 2. The third kappa shape index (κ3) is 5.65. The van der Waals surface area contributed by atoms with Crippen LogP contribution in [-0.4, -0.2) is 31.1 Å². The summed E-state index contributed by atoms with van der Waals surface area (Å²) in [5.74, 6) is 0.0548. The van der Waals surface area contributed by atoms with Gasteiger partial charge in [-0.2, -0.15) is 0 Å². The Morgan fingerprint density at radius 3 is 2.79 bits per heavy atom. The lowest BCUT2D eigenvalue weighted by atomic mass is 10.3. The van der Waals surface area contributed by atoms with Gasteiger partial charge >= 0.3 is 0 Å². The maximum absolute atomic E-state index is 12.6. The Hall–Kier alpha value is -2.23. The predicted molar refractivity (Wildman–Crippen MR) is 115 cm³/mol. The minimum atomic E-state index is -3.82. The van der Waals surface area contributed by atoms with Crippen LogP contribution in [0.5, 0.6) is 0 Å². The molecule has 0 saturated carbocycles. The third-order valence-electron chi connectivity index (χ3n) is 4.07. The fraction of sp³-hybridized carbons (Fsp3) is 0.263. The molecule has 0 fully saturated rings. The van der Waals surface area contributed by atoms with E-state index in [1.807, 2.05) is 13.8 Å². The van der Waals surface area contributed by atoms with Crippen molar-refractivity contribution in [3.8, 4) is 0 Å². The number of halogens is 1. The Labute approximate surface area is 178 Å². The zero-order valence-electron chi connectivity index (χ0n) is 15.8. The predicted octanol–water partition coefficient (Wildman–Crippen LogP) is 4.29. The molecule has 0 aliphatic heterocycles. The van der Waals surface area contributed by atoms with Crippen LogP contribution in [0, 0.1) is 0 Å². The number of thioether (sulfide) groups is 1. The van der Waals surface area contributed by atoms with Gasteiger partial charge in [-0.25, -0.2) is 13.4 Å². The molecular formula is C19H20ClN3O4S2. The molecule has 1 atom stereocenters. The van der Waals surface area contributed by atoms with Crippen LogP contribution in [-0.2, 0) is 14.8 Å². The van der Waals surface area contributed by atoms with Crippen molar-refractivity contribution in [3.05, 3.63) is 47.5 Å². The van der Waals surface area contributed by atoms with Gasteiger partial charge in [0.25, 0.3) is 15.2 Å². The van der Waals surface area contributed by atoms with E-state index in [0.717, 1.165) is 18.2 Å². The molecule has 0 aliphatic rings. The zero-order valence-corrected chi connectivity index (χ0v) is 18.2. The van der Waals surface area contributed by atoms with Crippen molar-refractivity contribution in [2.75, 3.05) is 10.5 Å². The van der Waals surface area contributed by atoms with Gasteiger partial charge in [0.2, 0.25) is 5.91 Å². The third-order valence-corrected chi connectivity index (χ3v) is 6.52. The van der Waals surface area contributed by atoms with Crippen molar-refractivity contribution in [1.29, 1.82) is 0 Å². The Balaban J connectivity index is 1.74. The molecule has 154 valence electrons. The number of hydrogen-bond donors (Lipinski definition) is 2. The fourth-order valence-electron chi connectivity index (χ4n) is 2.43. The molecule has 29 heavy (non-hydrogen) atoms. The lowest BCUT2D eigenvalue weighted by Crippen LogP contribution is -2.33. The van der Waals surface area contributed by atoms with Gasteiger partial charge in [0.05, 0.1) is 16.3 Å². The second-order valence-electron chi connectivity index (χ2n) is 6.39. The van der Waals surface area contributed by atoms with E-state index >= 15 is 0 Å². The van der Waals surface area contributed by atoms with Gasteiger partial charge in [-0.05, 0) is 49.7 Å². The van der Waals surface area contributed by atoms with E-state index in [9.17, 15) is 13.2 Å². The molecule has 10 heteroatoms. The van der Waals surface area contributed by atoms with Gasteiger partial charge in [-0.15, -0.1) is 0 Å². The molecule has 0 aliphatic carbocycles. The molecule has 1 amide bonds. The minimum Gasteiger partial charge on any atom is -0.431 e. The van der Waals surface area contributed by atoms with Gasteiger partial charge < -0.3 is 9.73 Å². The van der Waals surface area contributed by atoms with E-state index < -0.39 is 10.0 Å². The highest BCUT2D eigenvalue weighted by Gasteiger charge is 2.17. The van der Waals surface area contributed by atoms with E-state index in [1.165, 1.54) is 24.3 Å². The maximum atomic E-state index is 12.6. The second kappa shape index (κ2) is 9.06. The minimum absolute atomic E-state index is 0.0457. The van der Waals surface area contributed by atoms with E-state index in [4.69, 9.17) is 16.0 Å². The highest BCUT2D eigenvalue weighted by atomic mass is 35.5. The van der Waals surface area contributed by atoms with Gasteiger partial charge in [0.15, 0.2) is 5.58 Å². The number of nitrogens with zero attached hydrogens (tertiary/aromatic N) is 1. The van der Waals surface area contributed by atoms with Crippen LogP contribution < -0.4 is 10.0 Å². The van der Waals surface area contributed by atoms with Crippen molar-refractivity contribution < 1.29 is 17.6 Å². The number of rotatable bonds is 8. The second-order valence-corrected chi connectivity index (χ2v) is 9.44. The van der Waals surface area contributed by atoms with Crippen molar-refractivity contribution in [2.45, 2.75) is 36.4 Å². The topological polar surface area (TPSA) is 101 Å². The van der Waals surface area contributed by atoms with Crippen molar-refractivity contribution in [2.24, 2.45) is 0 Å². The van der Waals surface area contributed by atoms with Crippen LogP contribution >= 0.6 is 23.4 Å². The van der Waals surface area contributed by atoms with Crippen molar-refractivity contribution in [1.82, 2.24) is 10.3 Å². The lowest BCUT2D eigenvalue weighted by Gasteiger charge is -2.09. The van der Waals surface area contributed by atoms with Crippen LogP contribution in [0.25, 0.3) is 11.1 Å². The molecule has 2 N–H and O–H groups in total. The van der Waals surface area contributed by atoms with Crippen LogP contribution in [0.2, 0.25) is 5.02 Å². The molecule has 7 nitrogen and oxygen atoms in total. The molecule has 3 rings (SSSR count). The molecule has 0 bridgehead atoms.